The van der Waals surface area contributed by atoms with Gasteiger partial charge in [-0.05, 0) is 43.0 Å². The molecule has 2 saturated heterocycles. The van der Waals surface area contributed by atoms with Crippen LogP contribution in [-0.4, -0.2) is 27.9 Å². The van der Waals surface area contributed by atoms with Crippen LogP contribution in [0.1, 0.15) is 41.1 Å². The molecule has 0 N–H and O–H groups in total. The van der Waals surface area contributed by atoms with Gasteiger partial charge in [0.25, 0.3) is 5.91 Å². The molecule has 112 valence electrons. The minimum Gasteiger partial charge on any atom is -0.332 e. The van der Waals surface area contributed by atoms with E-state index >= 15 is 0 Å². The summed E-state index contributed by atoms with van der Waals surface area (Å²) in [6, 6.07) is 14.1. The predicted molar refractivity (Wildman–Crippen MR) is 86.0 cm³/mol. The lowest BCUT2D eigenvalue weighted by Gasteiger charge is -2.24. The first-order valence-electron chi connectivity index (χ1n) is 7.73. The van der Waals surface area contributed by atoms with Gasteiger partial charge in [0.1, 0.15) is 5.15 Å². The molecule has 4 heteroatoms. The number of aromatic nitrogens is 1. The molecule has 1 aromatic carbocycles. The summed E-state index contributed by atoms with van der Waals surface area (Å²) in [4.78, 5) is 19.1. The predicted octanol–water partition coefficient (Wildman–Crippen LogP) is 3.90. The van der Waals surface area contributed by atoms with Gasteiger partial charge in [-0.1, -0.05) is 35.9 Å². The summed E-state index contributed by atoms with van der Waals surface area (Å²) in [5.74, 6) is 0.550. The van der Waals surface area contributed by atoms with Gasteiger partial charge in [0.15, 0.2) is 0 Å². The Morgan fingerprint density at radius 3 is 2.68 bits per heavy atom. The molecular formula is C18H17ClN2O. The maximum atomic E-state index is 12.8. The van der Waals surface area contributed by atoms with Gasteiger partial charge in [-0.15, -0.1) is 0 Å². The summed E-state index contributed by atoms with van der Waals surface area (Å²) in [6.45, 7) is 0. The Morgan fingerprint density at radius 1 is 1.14 bits per heavy atom. The van der Waals surface area contributed by atoms with Gasteiger partial charge in [-0.25, -0.2) is 4.98 Å². The monoisotopic (exact) mass is 312 g/mol. The zero-order valence-electron chi connectivity index (χ0n) is 12.2. The molecule has 2 fully saturated rings. The van der Waals surface area contributed by atoms with E-state index in [9.17, 15) is 4.79 Å². The molecule has 3 atom stereocenters. The Hall–Kier alpha value is -1.87. The highest BCUT2D eigenvalue weighted by Gasteiger charge is 2.49. The molecular weight excluding hydrogens is 296 g/mol. The number of hydrogen-bond acceptors (Lipinski definition) is 2. The van der Waals surface area contributed by atoms with Crippen molar-refractivity contribution in [2.75, 3.05) is 0 Å². The Bertz CT molecular complexity index is 686. The van der Waals surface area contributed by atoms with Crippen molar-refractivity contribution in [2.45, 2.75) is 37.3 Å². The van der Waals surface area contributed by atoms with E-state index in [2.05, 4.69) is 9.88 Å². The highest BCUT2D eigenvalue weighted by atomic mass is 35.5. The van der Waals surface area contributed by atoms with Gasteiger partial charge < -0.3 is 4.90 Å². The average molecular weight is 313 g/mol. The third-order valence-corrected chi connectivity index (χ3v) is 5.19. The summed E-state index contributed by atoms with van der Waals surface area (Å²) in [6.07, 6.45) is 5.09. The van der Waals surface area contributed by atoms with E-state index in [1.807, 2.05) is 48.7 Å². The Kier molecular flexibility index (Phi) is 3.38. The second-order valence-electron chi connectivity index (χ2n) is 6.13. The van der Waals surface area contributed by atoms with Crippen LogP contribution >= 0.6 is 11.6 Å². The molecule has 3 nitrogen and oxygen atoms in total. The van der Waals surface area contributed by atoms with Crippen molar-refractivity contribution < 1.29 is 4.79 Å². The van der Waals surface area contributed by atoms with Gasteiger partial charge in [0.05, 0.1) is 0 Å². The second-order valence-corrected chi connectivity index (χ2v) is 6.52. The van der Waals surface area contributed by atoms with Gasteiger partial charge in [0.2, 0.25) is 0 Å². The molecule has 3 heterocycles. The van der Waals surface area contributed by atoms with Crippen molar-refractivity contribution in [3.8, 4) is 0 Å². The van der Waals surface area contributed by atoms with Crippen molar-refractivity contribution >= 4 is 17.5 Å². The molecule has 1 aromatic heterocycles. The number of nitrogens with zero attached hydrogens (tertiary/aromatic N) is 2. The lowest BCUT2D eigenvalue weighted by Crippen LogP contribution is -2.36. The molecule has 0 spiro atoms. The lowest BCUT2D eigenvalue weighted by atomic mass is 9.85. The maximum Gasteiger partial charge on any atom is 0.254 e. The number of pyridine rings is 1. The number of rotatable bonds is 2. The normalized spacial score (nSPS) is 26.4. The van der Waals surface area contributed by atoms with Crippen molar-refractivity contribution in [2.24, 2.45) is 0 Å². The first-order chi connectivity index (χ1) is 10.7. The molecule has 1 amide bonds. The van der Waals surface area contributed by atoms with E-state index in [0.29, 0.717) is 23.2 Å². The van der Waals surface area contributed by atoms with E-state index in [1.165, 1.54) is 5.56 Å². The molecule has 0 radical (unpaired) electrons. The molecule has 2 bridgehead atoms. The smallest absolute Gasteiger partial charge is 0.254 e. The standard InChI is InChI=1S/C18H17ClN2O/c19-17-9-6-13(11-20-17)15-10-14-7-8-16(15)21(14)18(22)12-4-2-1-3-5-12/h1-6,9,11,14-16H,7-8,10H2/t14-,15+,16+/m0/s1. The third-order valence-electron chi connectivity index (χ3n) is 4.97. The molecule has 2 aliphatic heterocycles. The van der Waals surface area contributed by atoms with Crippen molar-refractivity contribution in [1.82, 2.24) is 9.88 Å². The van der Waals surface area contributed by atoms with Crippen molar-refractivity contribution in [1.29, 1.82) is 0 Å². The van der Waals surface area contributed by atoms with Gasteiger partial charge in [-0.2, -0.15) is 0 Å². The van der Waals surface area contributed by atoms with Crippen LogP contribution in [0, 0.1) is 0 Å². The maximum absolute atomic E-state index is 12.8. The molecule has 2 aliphatic rings. The van der Waals surface area contributed by atoms with Crippen LogP contribution in [0.25, 0.3) is 0 Å². The number of halogens is 1. The Morgan fingerprint density at radius 2 is 1.95 bits per heavy atom. The van der Waals surface area contributed by atoms with Gasteiger partial charge in [-0.3, -0.25) is 4.79 Å². The lowest BCUT2D eigenvalue weighted by molar-refractivity contribution is 0.0726. The summed E-state index contributed by atoms with van der Waals surface area (Å²) in [5, 5.41) is 0.518. The number of hydrogen-bond donors (Lipinski definition) is 0. The summed E-state index contributed by atoms with van der Waals surface area (Å²) in [7, 11) is 0. The third kappa shape index (κ3) is 2.20. The largest absolute Gasteiger partial charge is 0.332 e. The zero-order valence-corrected chi connectivity index (χ0v) is 12.9. The quantitative estimate of drug-likeness (QED) is 0.788. The Labute approximate surface area is 134 Å². The highest BCUT2D eigenvalue weighted by Crippen LogP contribution is 2.47. The number of benzene rings is 1. The second kappa shape index (κ2) is 5.40. The van der Waals surface area contributed by atoms with E-state index in [-0.39, 0.29) is 5.91 Å². The fourth-order valence-electron chi connectivity index (χ4n) is 4.00. The van der Waals surface area contributed by atoms with Crippen LogP contribution in [0.4, 0.5) is 0 Å². The first kappa shape index (κ1) is 13.8. The van der Waals surface area contributed by atoms with E-state index < -0.39 is 0 Å². The fraction of sp³-hybridized carbons (Fsp3) is 0.333. The molecule has 0 saturated carbocycles. The molecule has 0 unspecified atom stereocenters. The zero-order chi connectivity index (χ0) is 15.1. The van der Waals surface area contributed by atoms with Crippen LogP contribution in [0.2, 0.25) is 5.15 Å². The van der Waals surface area contributed by atoms with Crippen LogP contribution in [0.15, 0.2) is 48.7 Å². The summed E-state index contributed by atoms with van der Waals surface area (Å²) in [5.41, 5.74) is 1.98. The summed E-state index contributed by atoms with van der Waals surface area (Å²) < 4.78 is 0. The minimum atomic E-state index is 0.164. The number of fused-ring (bicyclic) bond motifs is 2. The first-order valence-corrected chi connectivity index (χ1v) is 8.11. The van der Waals surface area contributed by atoms with Crippen LogP contribution in [0.5, 0.6) is 0 Å². The molecule has 2 aromatic rings. The van der Waals surface area contributed by atoms with Crippen LogP contribution < -0.4 is 0 Å². The average Bonchev–Trinajstić information content (AvgIpc) is 3.13. The van der Waals surface area contributed by atoms with Gasteiger partial charge in [0, 0.05) is 29.8 Å². The van der Waals surface area contributed by atoms with Crippen molar-refractivity contribution in [3.05, 3.63) is 64.9 Å². The molecule has 0 aliphatic carbocycles. The molecule has 22 heavy (non-hydrogen) atoms. The Balaban J connectivity index is 1.61. The number of carbonyl (C=O) groups is 1. The van der Waals surface area contributed by atoms with Crippen LogP contribution in [0.3, 0.4) is 0 Å². The number of amides is 1. The minimum absolute atomic E-state index is 0.164. The SMILES string of the molecule is O=C(c1ccccc1)N1[C@H]2CC[C@@H]1[C@@H](c1ccc(Cl)nc1)C2. The van der Waals surface area contributed by atoms with E-state index in [1.54, 1.807) is 0 Å². The molecule has 4 rings (SSSR count). The highest BCUT2D eigenvalue weighted by molar-refractivity contribution is 6.29. The number of carbonyl (C=O) groups excluding carboxylic acids is 1. The summed E-state index contributed by atoms with van der Waals surface area (Å²) >= 11 is 5.88. The van der Waals surface area contributed by atoms with Gasteiger partial charge >= 0.3 is 0 Å². The topological polar surface area (TPSA) is 33.2 Å². The van der Waals surface area contributed by atoms with Crippen molar-refractivity contribution in [3.63, 3.8) is 0 Å². The van der Waals surface area contributed by atoms with Crippen LogP contribution in [-0.2, 0) is 0 Å². The van der Waals surface area contributed by atoms with E-state index in [0.717, 1.165) is 24.8 Å². The van der Waals surface area contributed by atoms with E-state index in [4.69, 9.17) is 11.6 Å². The fourth-order valence-corrected chi connectivity index (χ4v) is 4.11.